The molecular formula is C11H16N2OS. The van der Waals surface area contributed by atoms with Crippen LogP contribution in [0, 0.1) is 0 Å². The quantitative estimate of drug-likeness (QED) is 0.721. The Morgan fingerprint density at radius 3 is 2.00 bits per heavy atom. The molecule has 0 saturated heterocycles. The number of hydrogen-bond acceptors (Lipinski definition) is 3. The molecule has 0 bridgehead atoms. The summed E-state index contributed by atoms with van der Waals surface area (Å²) in [6.07, 6.45) is 0. The maximum atomic E-state index is 11.4. The first-order chi connectivity index (χ1) is 7.00. The Morgan fingerprint density at radius 1 is 1.07 bits per heavy atom. The summed E-state index contributed by atoms with van der Waals surface area (Å²) in [7, 11) is 7.49. The molecule has 0 N–H and O–H groups in total. The number of nitrogens with zero attached hydrogens (tertiary/aromatic N) is 2. The van der Waals surface area contributed by atoms with E-state index in [2.05, 4.69) is 0 Å². The Balaban J connectivity index is 2.69. The lowest BCUT2D eigenvalue weighted by atomic mass is 10.3. The molecule has 0 saturated carbocycles. The highest BCUT2D eigenvalue weighted by Crippen LogP contribution is 2.23. The van der Waals surface area contributed by atoms with Gasteiger partial charge in [0.1, 0.15) is 0 Å². The molecule has 1 rings (SSSR count). The molecule has 4 heteroatoms. The molecule has 0 aliphatic heterocycles. The van der Waals surface area contributed by atoms with Gasteiger partial charge in [-0.2, -0.15) is 0 Å². The lowest BCUT2D eigenvalue weighted by Gasteiger charge is -2.13. The van der Waals surface area contributed by atoms with E-state index in [-0.39, 0.29) is 5.24 Å². The average Bonchev–Trinajstić information content (AvgIpc) is 2.18. The Kier molecular flexibility index (Phi) is 4.03. The van der Waals surface area contributed by atoms with Crippen molar-refractivity contribution in [2.75, 3.05) is 33.1 Å². The zero-order valence-corrected chi connectivity index (χ0v) is 10.3. The van der Waals surface area contributed by atoms with Gasteiger partial charge >= 0.3 is 0 Å². The predicted octanol–water partition coefficient (Wildman–Crippen LogP) is 2.53. The van der Waals surface area contributed by atoms with Crippen molar-refractivity contribution >= 4 is 22.7 Å². The molecule has 1 aromatic carbocycles. The highest BCUT2D eigenvalue weighted by Gasteiger charge is 2.06. The minimum atomic E-state index is 0.0487. The van der Waals surface area contributed by atoms with Gasteiger partial charge in [-0.05, 0) is 36.0 Å². The number of anilines is 1. The minimum absolute atomic E-state index is 0.0487. The molecule has 0 radical (unpaired) electrons. The molecule has 0 atom stereocenters. The second-order valence-corrected chi connectivity index (χ2v) is 4.68. The number of thioether (sulfide) groups is 1. The van der Waals surface area contributed by atoms with Crippen LogP contribution in [0.3, 0.4) is 0 Å². The van der Waals surface area contributed by atoms with E-state index >= 15 is 0 Å². The molecule has 0 unspecified atom stereocenters. The molecule has 0 aliphatic rings. The van der Waals surface area contributed by atoms with Crippen molar-refractivity contribution in [3.8, 4) is 0 Å². The summed E-state index contributed by atoms with van der Waals surface area (Å²) in [5, 5.41) is 0.0487. The van der Waals surface area contributed by atoms with Gasteiger partial charge in [-0.1, -0.05) is 0 Å². The maximum absolute atomic E-state index is 11.4. The van der Waals surface area contributed by atoms with Crippen LogP contribution in [-0.2, 0) is 0 Å². The van der Waals surface area contributed by atoms with Crippen LogP contribution in [-0.4, -0.2) is 38.3 Å². The smallest absolute Gasteiger partial charge is 0.285 e. The normalized spacial score (nSPS) is 9.87. The topological polar surface area (TPSA) is 23.6 Å². The van der Waals surface area contributed by atoms with Crippen LogP contribution >= 0.6 is 11.8 Å². The number of hydrogen-bond donors (Lipinski definition) is 0. The molecule has 0 aliphatic carbocycles. The van der Waals surface area contributed by atoms with Gasteiger partial charge in [0.25, 0.3) is 5.24 Å². The molecule has 0 fully saturated rings. The Labute approximate surface area is 95.1 Å². The van der Waals surface area contributed by atoms with Crippen LogP contribution < -0.4 is 4.90 Å². The first kappa shape index (κ1) is 11.9. The lowest BCUT2D eigenvalue weighted by Crippen LogP contribution is -2.16. The third kappa shape index (κ3) is 3.47. The van der Waals surface area contributed by atoms with E-state index in [1.807, 2.05) is 43.3 Å². The molecule has 3 nitrogen and oxygen atoms in total. The van der Waals surface area contributed by atoms with Crippen LogP contribution in [0.2, 0.25) is 0 Å². The van der Waals surface area contributed by atoms with E-state index in [0.717, 1.165) is 10.6 Å². The standard InChI is InChI=1S/C11H16N2OS/c1-12(2)9-5-7-10(8-6-9)15-11(14)13(3)4/h5-8H,1-4H3. The summed E-state index contributed by atoms with van der Waals surface area (Å²) >= 11 is 1.24. The average molecular weight is 224 g/mol. The molecule has 0 spiro atoms. The van der Waals surface area contributed by atoms with Gasteiger partial charge in [0, 0.05) is 38.8 Å². The van der Waals surface area contributed by atoms with Crippen LogP contribution in [0.25, 0.3) is 0 Å². The molecule has 15 heavy (non-hydrogen) atoms. The number of carbonyl (C=O) groups excluding carboxylic acids is 1. The van der Waals surface area contributed by atoms with Crippen molar-refractivity contribution in [1.29, 1.82) is 0 Å². The fraction of sp³-hybridized carbons (Fsp3) is 0.364. The fourth-order valence-electron chi connectivity index (χ4n) is 1.00. The monoisotopic (exact) mass is 224 g/mol. The Bertz CT molecular complexity index is 333. The van der Waals surface area contributed by atoms with Crippen molar-refractivity contribution in [3.05, 3.63) is 24.3 Å². The zero-order chi connectivity index (χ0) is 11.4. The highest BCUT2D eigenvalue weighted by atomic mass is 32.2. The number of benzene rings is 1. The van der Waals surface area contributed by atoms with E-state index in [1.165, 1.54) is 11.8 Å². The van der Waals surface area contributed by atoms with Crippen molar-refractivity contribution in [2.24, 2.45) is 0 Å². The molecular weight excluding hydrogens is 208 g/mol. The van der Waals surface area contributed by atoms with E-state index in [1.54, 1.807) is 19.0 Å². The molecule has 1 aromatic rings. The maximum Gasteiger partial charge on any atom is 0.285 e. The lowest BCUT2D eigenvalue weighted by molar-refractivity contribution is 0.241. The Morgan fingerprint density at radius 2 is 1.60 bits per heavy atom. The van der Waals surface area contributed by atoms with Gasteiger partial charge in [-0.25, -0.2) is 0 Å². The van der Waals surface area contributed by atoms with Gasteiger partial charge < -0.3 is 9.80 Å². The van der Waals surface area contributed by atoms with Gasteiger partial charge in [0.15, 0.2) is 0 Å². The summed E-state index contributed by atoms with van der Waals surface area (Å²) in [6.45, 7) is 0. The van der Waals surface area contributed by atoms with Crippen molar-refractivity contribution < 1.29 is 4.79 Å². The first-order valence-corrected chi connectivity index (χ1v) is 5.49. The van der Waals surface area contributed by atoms with E-state index in [4.69, 9.17) is 0 Å². The fourth-order valence-corrected chi connectivity index (χ4v) is 1.66. The molecule has 1 amide bonds. The second-order valence-electron chi connectivity index (χ2n) is 3.65. The third-order valence-corrected chi connectivity index (χ3v) is 2.97. The zero-order valence-electron chi connectivity index (χ0n) is 9.52. The van der Waals surface area contributed by atoms with E-state index in [0.29, 0.717) is 0 Å². The largest absolute Gasteiger partial charge is 0.378 e. The summed E-state index contributed by atoms with van der Waals surface area (Å²) < 4.78 is 0. The predicted molar refractivity (Wildman–Crippen MR) is 65.7 cm³/mol. The van der Waals surface area contributed by atoms with Gasteiger partial charge in [-0.15, -0.1) is 0 Å². The van der Waals surface area contributed by atoms with Crippen molar-refractivity contribution in [3.63, 3.8) is 0 Å². The highest BCUT2D eigenvalue weighted by molar-refractivity contribution is 8.13. The first-order valence-electron chi connectivity index (χ1n) is 4.67. The van der Waals surface area contributed by atoms with Crippen molar-refractivity contribution in [2.45, 2.75) is 4.90 Å². The molecule has 0 aromatic heterocycles. The summed E-state index contributed by atoms with van der Waals surface area (Å²) in [4.78, 5) is 16.0. The second kappa shape index (κ2) is 5.07. The van der Waals surface area contributed by atoms with Crippen LogP contribution in [0.15, 0.2) is 29.2 Å². The van der Waals surface area contributed by atoms with Crippen LogP contribution in [0.5, 0.6) is 0 Å². The summed E-state index contributed by atoms with van der Waals surface area (Å²) in [5.41, 5.74) is 1.14. The number of carbonyl (C=O) groups is 1. The number of rotatable bonds is 2. The van der Waals surface area contributed by atoms with E-state index in [9.17, 15) is 4.79 Å². The van der Waals surface area contributed by atoms with Gasteiger partial charge in [0.05, 0.1) is 0 Å². The minimum Gasteiger partial charge on any atom is -0.378 e. The van der Waals surface area contributed by atoms with Crippen LogP contribution in [0.4, 0.5) is 10.5 Å². The Hall–Kier alpha value is -1.16. The SMILES string of the molecule is CN(C)C(=O)Sc1ccc(N(C)C)cc1. The molecule has 82 valence electrons. The van der Waals surface area contributed by atoms with Gasteiger partial charge in [0.2, 0.25) is 0 Å². The molecule has 0 heterocycles. The summed E-state index contributed by atoms with van der Waals surface area (Å²) in [5.74, 6) is 0. The summed E-state index contributed by atoms with van der Waals surface area (Å²) in [6, 6.07) is 7.93. The van der Waals surface area contributed by atoms with Gasteiger partial charge in [-0.3, -0.25) is 4.79 Å². The van der Waals surface area contributed by atoms with Crippen LogP contribution in [0.1, 0.15) is 0 Å². The van der Waals surface area contributed by atoms with E-state index < -0.39 is 0 Å². The van der Waals surface area contributed by atoms with Crippen molar-refractivity contribution in [1.82, 2.24) is 4.90 Å². The third-order valence-electron chi connectivity index (χ3n) is 1.92. The number of amides is 1.